The lowest BCUT2D eigenvalue weighted by atomic mass is 9.97. The standard InChI is InChI=1S/C19H19ClN6O4S2/c1-2-29-17-15(26-8-12(24-25-26)18-22-3-4-31-18)16(28)13(9-27)30-19(17)32-14-5-10(20)7-23-11(14)6-21/h3-5,7-8,13,15-17,19,27-28H,2,9H2,1H3. The highest BCUT2D eigenvalue weighted by molar-refractivity contribution is 7.99. The number of ether oxygens (including phenoxy) is 2. The van der Waals surface area contributed by atoms with Crippen molar-refractivity contribution in [2.75, 3.05) is 13.2 Å². The minimum atomic E-state index is -1.12. The molecule has 13 heteroatoms. The van der Waals surface area contributed by atoms with Gasteiger partial charge >= 0.3 is 0 Å². The van der Waals surface area contributed by atoms with Crippen LogP contribution in [-0.4, -0.2) is 72.1 Å². The lowest BCUT2D eigenvalue weighted by Gasteiger charge is -2.43. The van der Waals surface area contributed by atoms with Crippen molar-refractivity contribution in [1.29, 1.82) is 5.26 Å². The predicted octanol–water partition coefficient (Wildman–Crippen LogP) is 2.14. The number of hydrogen-bond donors (Lipinski definition) is 2. The van der Waals surface area contributed by atoms with Crippen LogP contribution in [0.1, 0.15) is 18.7 Å². The van der Waals surface area contributed by atoms with Gasteiger partial charge in [-0.2, -0.15) is 5.26 Å². The summed E-state index contributed by atoms with van der Waals surface area (Å²) in [7, 11) is 0. The number of thiazole rings is 1. The van der Waals surface area contributed by atoms with Gasteiger partial charge in [-0.15, -0.1) is 16.4 Å². The molecule has 0 radical (unpaired) electrons. The Morgan fingerprint density at radius 1 is 1.44 bits per heavy atom. The molecule has 0 amide bonds. The van der Waals surface area contributed by atoms with Crippen LogP contribution in [-0.2, 0) is 9.47 Å². The first-order chi connectivity index (χ1) is 15.5. The fraction of sp³-hybridized carbons (Fsp3) is 0.421. The molecule has 4 heterocycles. The topological polar surface area (TPSA) is 139 Å². The molecule has 0 aliphatic carbocycles. The Morgan fingerprint density at radius 3 is 2.97 bits per heavy atom. The van der Waals surface area contributed by atoms with Gasteiger partial charge in [-0.3, -0.25) is 0 Å². The third kappa shape index (κ3) is 4.65. The molecule has 0 saturated carbocycles. The Labute approximate surface area is 196 Å². The van der Waals surface area contributed by atoms with E-state index in [4.69, 9.17) is 21.1 Å². The van der Waals surface area contributed by atoms with Crippen molar-refractivity contribution in [3.63, 3.8) is 0 Å². The van der Waals surface area contributed by atoms with Gasteiger partial charge in [0.05, 0.1) is 17.8 Å². The number of aromatic nitrogens is 5. The molecule has 1 aliphatic heterocycles. The number of nitrogens with zero attached hydrogens (tertiary/aromatic N) is 6. The van der Waals surface area contributed by atoms with Crippen molar-refractivity contribution in [3.8, 4) is 16.8 Å². The van der Waals surface area contributed by atoms with E-state index in [1.54, 1.807) is 18.5 Å². The SMILES string of the molecule is CCOC1C(Sc2cc(Cl)cnc2C#N)OC(CO)C(O)C1n1cc(-c2nccs2)nn1. The average Bonchev–Trinajstić information content (AvgIpc) is 3.48. The van der Waals surface area contributed by atoms with Crippen LogP contribution < -0.4 is 0 Å². The molecule has 4 rings (SSSR count). The van der Waals surface area contributed by atoms with E-state index in [0.717, 1.165) is 0 Å². The summed E-state index contributed by atoms with van der Waals surface area (Å²) in [6, 6.07) is 2.94. The highest BCUT2D eigenvalue weighted by Crippen LogP contribution is 2.41. The molecule has 0 bridgehead atoms. The first kappa shape index (κ1) is 23.1. The van der Waals surface area contributed by atoms with Gasteiger partial charge in [-0.1, -0.05) is 28.6 Å². The lowest BCUT2D eigenvalue weighted by Crippen LogP contribution is -2.55. The van der Waals surface area contributed by atoms with E-state index in [0.29, 0.717) is 27.2 Å². The molecule has 0 spiro atoms. The zero-order chi connectivity index (χ0) is 22.7. The number of hydrogen-bond acceptors (Lipinski definition) is 11. The summed E-state index contributed by atoms with van der Waals surface area (Å²) in [4.78, 5) is 8.80. The molecule has 3 aromatic heterocycles. The number of aliphatic hydroxyl groups excluding tert-OH is 2. The second kappa shape index (κ2) is 10.2. The molecule has 10 nitrogen and oxygen atoms in total. The van der Waals surface area contributed by atoms with Crippen molar-refractivity contribution in [2.24, 2.45) is 0 Å². The van der Waals surface area contributed by atoms with Gasteiger partial charge < -0.3 is 19.7 Å². The summed E-state index contributed by atoms with van der Waals surface area (Å²) < 4.78 is 13.5. The van der Waals surface area contributed by atoms with Crippen molar-refractivity contribution in [1.82, 2.24) is 25.0 Å². The van der Waals surface area contributed by atoms with Crippen LogP contribution in [0.15, 0.2) is 34.9 Å². The van der Waals surface area contributed by atoms with Crippen molar-refractivity contribution < 1.29 is 19.7 Å². The monoisotopic (exact) mass is 494 g/mol. The Morgan fingerprint density at radius 2 is 2.28 bits per heavy atom. The molecule has 168 valence electrons. The summed E-state index contributed by atoms with van der Waals surface area (Å²) in [5, 5.41) is 41.5. The van der Waals surface area contributed by atoms with E-state index in [9.17, 15) is 15.5 Å². The van der Waals surface area contributed by atoms with E-state index < -0.39 is 36.4 Å². The fourth-order valence-electron chi connectivity index (χ4n) is 3.42. The molecule has 32 heavy (non-hydrogen) atoms. The van der Waals surface area contributed by atoms with E-state index in [1.807, 2.05) is 18.4 Å². The van der Waals surface area contributed by atoms with Crippen molar-refractivity contribution in [3.05, 3.63) is 40.8 Å². The van der Waals surface area contributed by atoms with Gasteiger partial charge in [-0.05, 0) is 13.0 Å². The molecule has 0 aromatic carbocycles. The molecule has 2 N–H and O–H groups in total. The van der Waals surface area contributed by atoms with E-state index in [-0.39, 0.29) is 5.69 Å². The quantitative estimate of drug-likeness (QED) is 0.502. The van der Waals surface area contributed by atoms with Gasteiger partial charge in [0.25, 0.3) is 0 Å². The summed E-state index contributed by atoms with van der Waals surface area (Å²) in [6.45, 7) is 1.75. The smallest absolute Gasteiger partial charge is 0.154 e. The maximum absolute atomic E-state index is 11.0. The number of pyridine rings is 1. The highest BCUT2D eigenvalue weighted by Gasteiger charge is 2.48. The molecular weight excluding hydrogens is 476 g/mol. The normalized spacial score (nSPS) is 25.5. The van der Waals surface area contributed by atoms with Gasteiger partial charge in [0.1, 0.15) is 46.6 Å². The second-order valence-corrected chi connectivity index (χ2v) is 9.25. The highest BCUT2D eigenvalue weighted by atomic mass is 35.5. The molecular formula is C19H19ClN6O4S2. The van der Waals surface area contributed by atoms with Crippen LogP contribution in [0.3, 0.4) is 0 Å². The van der Waals surface area contributed by atoms with Crippen LogP contribution >= 0.6 is 34.7 Å². The van der Waals surface area contributed by atoms with E-state index >= 15 is 0 Å². The minimum absolute atomic E-state index is 0.188. The summed E-state index contributed by atoms with van der Waals surface area (Å²) in [6.07, 6.45) is 2.05. The Balaban J connectivity index is 1.70. The van der Waals surface area contributed by atoms with Crippen molar-refractivity contribution >= 4 is 34.7 Å². The largest absolute Gasteiger partial charge is 0.394 e. The second-order valence-electron chi connectivity index (χ2n) is 6.78. The maximum atomic E-state index is 11.0. The zero-order valence-electron chi connectivity index (χ0n) is 16.8. The number of rotatable bonds is 7. The summed E-state index contributed by atoms with van der Waals surface area (Å²) in [5.41, 5.74) is 0.0539. The first-order valence-corrected chi connectivity index (χ1v) is 11.8. The van der Waals surface area contributed by atoms with Gasteiger partial charge in [0, 0.05) is 29.3 Å². The average molecular weight is 495 g/mol. The van der Waals surface area contributed by atoms with Crippen LogP contribution in [0.2, 0.25) is 5.02 Å². The maximum Gasteiger partial charge on any atom is 0.154 e. The Bertz CT molecular complexity index is 1090. The predicted molar refractivity (Wildman–Crippen MR) is 117 cm³/mol. The van der Waals surface area contributed by atoms with Gasteiger partial charge in [0.2, 0.25) is 0 Å². The summed E-state index contributed by atoms with van der Waals surface area (Å²) >= 11 is 8.69. The van der Waals surface area contributed by atoms with E-state index in [2.05, 4.69) is 20.3 Å². The van der Waals surface area contributed by atoms with Gasteiger partial charge in [0.15, 0.2) is 5.69 Å². The fourth-order valence-corrected chi connectivity index (χ4v) is 5.45. The van der Waals surface area contributed by atoms with Gasteiger partial charge in [-0.25, -0.2) is 14.6 Å². The number of aliphatic hydroxyl groups is 2. The third-order valence-corrected chi connectivity index (χ3v) is 7.00. The molecule has 5 unspecified atom stereocenters. The molecule has 1 aliphatic rings. The van der Waals surface area contributed by atoms with Crippen LogP contribution in [0.4, 0.5) is 0 Å². The molecule has 3 aromatic rings. The lowest BCUT2D eigenvalue weighted by molar-refractivity contribution is -0.191. The number of halogens is 1. The molecule has 1 fully saturated rings. The Hall–Kier alpha value is -2.11. The number of nitriles is 1. The minimum Gasteiger partial charge on any atom is -0.394 e. The van der Waals surface area contributed by atoms with Crippen LogP contribution in [0.5, 0.6) is 0 Å². The summed E-state index contributed by atoms with van der Waals surface area (Å²) in [5.74, 6) is 0. The molecule has 1 saturated heterocycles. The van der Waals surface area contributed by atoms with Crippen molar-refractivity contribution in [2.45, 2.75) is 41.6 Å². The first-order valence-electron chi connectivity index (χ1n) is 9.65. The number of thioether (sulfide) groups is 1. The molecule has 5 atom stereocenters. The third-order valence-electron chi connectivity index (χ3n) is 4.82. The zero-order valence-corrected chi connectivity index (χ0v) is 19.2. The Kier molecular flexibility index (Phi) is 7.37. The van der Waals surface area contributed by atoms with Crippen LogP contribution in [0.25, 0.3) is 10.7 Å². The van der Waals surface area contributed by atoms with Crippen LogP contribution in [0, 0.1) is 11.3 Å². The van der Waals surface area contributed by atoms with E-state index in [1.165, 1.54) is 34.0 Å².